The van der Waals surface area contributed by atoms with Gasteiger partial charge in [-0.15, -0.1) is 0 Å². The van der Waals surface area contributed by atoms with Gasteiger partial charge >= 0.3 is 0 Å². The summed E-state index contributed by atoms with van der Waals surface area (Å²) in [5.74, 6) is 0.264. The molecule has 2 N–H and O–H groups in total. The monoisotopic (exact) mass is 237 g/mol. The minimum atomic E-state index is -0.446. The molecule has 0 saturated heterocycles. The molecule has 0 atom stereocenters. The molecule has 1 fully saturated rings. The molecule has 0 aromatic heterocycles. The van der Waals surface area contributed by atoms with Crippen LogP contribution >= 0.6 is 0 Å². The van der Waals surface area contributed by atoms with Crippen LogP contribution in [0.5, 0.6) is 5.75 Å². The molecule has 0 bridgehead atoms. The Bertz CT molecular complexity index is 416. The van der Waals surface area contributed by atoms with E-state index in [2.05, 4.69) is 0 Å². The first-order valence-electron chi connectivity index (χ1n) is 5.86. The van der Waals surface area contributed by atoms with Gasteiger partial charge < -0.3 is 10.5 Å². The second-order valence-corrected chi connectivity index (χ2v) is 4.38. The van der Waals surface area contributed by atoms with Gasteiger partial charge in [-0.3, -0.25) is 4.79 Å². The lowest BCUT2D eigenvalue weighted by Crippen LogP contribution is -2.21. The van der Waals surface area contributed by atoms with Crippen LogP contribution in [-0.2, 0) is 0 Å². The lowest BCUT2D eigenvalue weighted by atomic mass is 9.86. The zero-order valence-corrected chi connectivity index (χ0v) is 9.62. The van der Waals surface area contributed by atoms with Crippen LogP contribution in [0.15, 0.2) is 18.2 Å². The third kappa shape index (κ3) is 2.82. The Morgan fingerprint density at radius 1 is 1.47 bits per heavy atom. The Morgan fingerprint density at radius 2 is 2.24 bits per heavy atom. The summed E-state index contributed by atoms with van der Waals surface area (Å²) in [7, 11) is 0. The molecular weight excluding hydrogens is 221 g/mol. The predicted molar refractivity (Wildman–Crippen MR) is 62.6 cm³/mol. The molecule has 1 aliphatic carbocycles. The highest BCUT2D eigenvalue weighted by Gasteiger charge is 2.19. The van der Waals surface area contributed by atoms with E-state index in [1.807, 2.05) is 0 Å². The summed E-state index contributed by atoms with van der Waals surface area (Å²) in [5.41, 5.74) is 5.53. The highest BCUT2D eigenvalue weighted by atomic mass is 19.1. The fourth-order valence-corrected chi connectivity index (χ4v) is 1.82. The van der Waals surface area contributed by atoms with Crippen molar-refractivity contribution < 1.29 is 13.9 Å². The lowest BCUT2D eigenvalue weighted by molar-refractivity contribution is 0.0994. The molecular formula is C13H16FNO2. The first kappa shape index (κ1) is 12.0. The van der Waals surface area contributed by atoms with E-state index in [1.54, 1.807) is 0 Å². The SMILES string of the molecule is NCC(=O)c1cc(F)ccc1OCC1CCC1. The largest absolute Gasteiger partial charge is 0.493 e. The Hall–Kier alpha value is -1.42. The first-order valence-corrected chi connectivity index (χ1v) is 5.86. The maximum atomic E-state index is 13.1. The third-order valence-electron chi connectivity index (χ3n) is 3.13. The third-order valence-corrected chi connectivity index (χ3v) is 3.13. The number of carbonyl (C=O) groups is 1. The van der Waals surface area contributed by atoms with Crippen LogP contribution in [0.3, 0.4) is 0 Å². The van der Waals surface area contributed by atoms with Crippen molar-refractivity contribution in [3.05, 3.63) is 29.6 Å². The first-order chi connectivity index (χ1) is 8.20. The van der Waals surface area contributed by atoms with E-state index in [0.29, 0.717) is 18.3 Å². The molecule has 1 aliphatic rings. The van der Waals surface area contributed by atoms with Crippen LogP contribution in [0.1, 0.15) is 29.6 Å². The molecule has 1 saturated carbocycles. The van der Waals surface area contributed by atoms with Gasteiger partial charge in [0.15, 0.2) is 5.78 Å². The molecule has 0 amide bonds. The average molecular weight is 237 g/mol. The molecule has 1 aromatic carbocycles. The van der Waals surface area contributed by atoms with Crippen LogP contribution in [0.4, 0.5) is 4.39 Å². The van der Waals surface area contributed by atoms with E-state index in [1.165, 1.54) is 37.5 Å². The summed E-state index contributed by atoms with van der Waals surface area (Å²) in [6.45, 7) is 0.458. The van der Waals surface area contributed by atoms with Gasteiger partial charge in [0.2, 0.25) is 0 Å². The molecule has 3 nitrogen and oxygen atoms in total. The number of Topliss-reactive ketones (excluding diaryl/α,β-unsaturated/α-hetero) is 1. The standard InChI is InChI=1S/C13H16FNO2/c14-10-4-5-13(11(6-10)12(16)7-15)17-8-9-2-1-3-9/h4-6,9H,1-3,7-8,15H2. The second kappa shape index (κ2) is 5.27. The molecule has 0 unspecified atom stereocenters. The number of halogens is 1. The molecule has 92 valence electrons. The topological polar surface area (TPSA) is 52.3 Å². The van der Waals surface area contributed by atoms with Crippen LogP contribution in [-0.4, -0.2) is 18.9 Å². The van der Waals surface area contributed by atoms with E-state index < -0.39 is 5.82 Å². The maximum Gasteiger partial charge on any atom is 0.180 e. The molecule has 4 heteroatoms. The summed E-state index contributed by atoms with van der Waals surface area (Å²) >= 11 is 0. The van der Waals surface area contributed by atoms with Gasteiger partial charge in [0, 0.05) is 0 Å². The number of hydrogen-bond acceptors (Lipinski definition) is 3. The smallest absolute Gasteiger partial charge is 0.180 e. The van der Waals surface area contributed by atoms with Gasteiger partial charge in [0.05, 0.1) is 18.7 Å². The quantitative estimate of drug-likeness (QED) is 0.798. The molecule has 0 radical (unpaired) electrons. The lowest BCUT2D eigenvalue weighted by Gasteiger charge is -2.25. The fourth-order valence-electron chi connectivity index (χ4n) is 1.82. The van der Waals surface area contributed by atoms with Gasteiger partial charge in [0.25, 0.3) is 0 Å². The number of hydrogen-bond donors (Lipinski definition) is 1. The maximum absolute atomic E-state index is 13.1. The fraction of sp³-hybridized carbons (Fsp3) is 0.462. The number of carbonyl (C=O) groups excluding carboxylic acids is 1. The summed E-state index contributed by atoms with van der Waals surface area (Å²) in [6, 6.07) is 3.98. The van der Waals surface area contributed by atoms with E-state index in [4.69, 9.17) is 10.5 Å². The average Bonchev–Trinajstić information content (AvgIpc) is 2.27. The minimum Gasteiger partial charge on any atom is -0.493 e. The van der Waals surface area contributed by atoms with E-state index in [0.717, 1.165) is 0 Å². The highest BCUT2D eigenvalue weighted by Crippen LogP contribution is 2.28. The van der Waals surface area contributed by atoms with Crippen molar-refractivity contribution in [1.82, 2.24) is 0 Å². The van der Waals surface area contributed by atoms with E-state index >= 15 is 0 Å². The van der Waals surface area contributed by atoms with Crippen molar-refractivity contribution in [1.29, 1.82) is 0 Å². The Labute approximate surface area is 99.8 Å². The summed E-state index contributed by atoms with van der Waals surface area (Å²) in [4.78, 5) is 11.5. The Balaban J connectivity index is 2.10. The van der Waals surface area contributed by atoms with Crippen molar-refractivity contribution in [2.45, 2.75) is 19.3 Å². The highest BCUT2D eigenvalue weighted by molar-refractivity contribution is 5.99. The predicted octanol–water partition coefficient (Wildman–Crippen LogP) is 2.15. The van der Waals surface area contributed by atoms with E-state index in [9.17, 15) is 9.18 Å². The molecule has 2 rings (SSSR count). The van der Waals surface area contributed by atoms with Gasteiger partial charge in [-0.2, -0.15) is 0 Å². The van der Waals surface area contributed by atoms with Crippen LogP contribution < -0.4 is 10.5 Å². The van der Waals surface area contributed by atoms with E-state index in [-0.39, 0.29) is 17.9 Å². The molecule has 0 heterocycles. The number of nitrogens with two attached hydrogens (primary N) is 1. The van der Waals surface area contributed by atoms with Crippen molar-refractivity contribution in [3.63, 3.8) is 0 Å². The van der Waals surface area contributed by atoms with Crippen molar-refractivity contribution >= 4 is 5.78 Å². The Morgan fingerprint density at radius 3 is 2.82 bits per heavy atom. The molecule has 0 spiro atoms. The van der Waals surface area contributed by atoms with Crippen molar-refractivity contribution in [3.8, 4) is 5.75 Å². The Kier molecular flexibility index (Phi) is 3.74. The van der Waals surface area contributed by atoms with Gasteiger partial charge in [0.1, 0.15) is 11.6 Å². The number of ketones is 1. The van der Waals surface area contributed by atoms with Crippen molar-refractivity contribution in [2.24, 2.45) is 11.7 Å². The van der Waals surface area contributed by atoms with Gasteiger partial charge in [-0.05, 0) is 37.0 Å². The summed E-state index contributed by atoms with van der Waals surface area (Å²) < 4.78 is 18.6. The number of ether oxygens (including phenoxy) is 1. The molecule has 1 aromatic rings. The summed E-state index contributed by atoms with van der Waals surface area (Å²) in [6.07, 6.45) is 3.58. The van der Waals surface area contributed by atoms with Gasteiger partial charge in [-0.25, -0.2) is 4.39 Å². The molecule has 17 heavy (non-hydrogen) atoms. The second-order valence-electron chi connectivity index (χ2n) is 4.38. The molecule has 0 aliphatic heterocycles. The van der Waals surface area contributed by atoms with Gasteiger partial charge in [-0.1, -0.05) is 6.42 Å². The zero-order chi connectivity index (χ0) is 12.3. The summed E-state index contributed by atoms with van der Waals surface area (Å²) in [5, 5.41) is 0. The van der Waals surface area contributed by atoms with Crippen molar-refractivity contribution in [2.75, 3.05) is 13.2 Å². The zero-order valence-electron chi connectivity index (χ0n) is 9.62. The normalized spacial score (nSPS) is 15.4. The van der Waals surface area contributed by atoms with Crippen LogP contribution in [0.2, 0.25) is 0 Å². The number of rotatable bonds is 5. The number of benzene rings is 1. The minimum absolute atomic E-state index is 0.136. The van der Waals surface area contributed by atoms with Crippen LogP contribution in [0, 0.1) is 11.7 Å². The van der Waals surface area contributed by atoms with Crippen LogP contribution in [0.25, 0.3) is 0 Å².